The average Bonchev–Trinajstić information content (AvgIpc) is 2.93. The van der Waals surface area contributed by atoms with Gasteiger partial charge in [0.25, 0.3) is 5.56 Å². The number of pyridine rings is 2. The number of nitrogens with one attached hydrogen (secondary N) is 1. The highest BCUT2D eigenvalue weighted by Crippen LogP contribution is 2.31. The Morgan fingerprint density at radius 1 is 1.08 bits per heavy atom. The molecule has 0 bridgehead atoms. The largest absolute Gasteiger partial charge is 0.433 e. The molecule has 5 rings (SSSR count). The molecule has 0 aliphatic heterocycles. The van der Waals surface area contributed by atoms with Gasteiger partial charge in [-0.25, -0.2) is 4.98 Å². The SMILES string of the molecule is CC(Nc1nc(N)ncc1C#N)c1cc2cccc(-c3cncc(OC(F)F)c3)c2c(=O)n1-c1ccccc1. The fourth-order valence-corrected chi connectivity index (χ4v) is 4.38. The lowest BCUT2D eigenvalue weighted by atomic mass is 9.98. The number of anilines is 2. The predicted octanol–water partition coefficient (Wildman–Crippen LogP) is 5.07. The van der Waals surface area contributed by atoms with Crippen molar-refractivity contribution in [3.05, 3.63) is 101 Å². The minimum Gasteiger partial charge on any atom is -0.433 e. The number of nitrogens with zero attached hydrogens (tertiary/aromatic N) is 5. The number of benzene rings is 2. The number of fused-ring (bicyclic) bond motifs is 1. The van der Waals surface area contributed by atoms with Gasteiger partial charge in [0.2, 0.25) is 5.95 Å². The maximum absolute atomic E-state index is 14.2. The van der Waals surface area contributed by atoms with Gasteiger partial charge in [-0.3, -0.25) is 14.3 Å². The summed E-state index contributed by atoms with van der Waals surface area (Å²) in [5.74, 6) is 0.119. The Balaban J connectivity index is 1.72. The number of hydrogen-bond acceptors (Lipinski definition) is 8. The van der Waals surface area contributed by atoms with Crippen molar-refractivity contribution in [1.29, 1.82) is 5.26 Å². The van der Waals surface area contributed by atoms with Crippen LogP contribution in [-0.2, 0) is 0 Å². The van der Waals surface area contributed by atoms with Crippen molar-refractivity contribution in [3.8, 4) is 28.6 Å². The summed E-state index contributed by atoms with van der Waals surface area (Å²) in [5, 5.41) is 13.7. The molecule has 3 aromatic heterocycles. The zero-order chi connectivity index (χ0) is 27.5. The van der Waals surface area contributed by atoms with E-state index in [0.717, 1.165) is 0 Å². The number of hydrogen-bond donors (Lipinski definition) is 2. The third-order valence-corrected chi connectivity index (χ3v) is 6.06. The molecule has 3 N–H and O–H groups in total. The fourth-order valence-electron chi connectivity index (χ4n) is 4.38. The van der Waals surface area contributed by atoms with Crippen LogP contribution in [0.4, 0.5) is 20.5 Å². The van der Waals surface area contributed by atoms with Gasteiger partial charge in [0.1, 0.15) is 23.2 Å². The molecule has 11 heteroatoms. The molecule has 0 fully saturated rings. The Morgan fingerprint density at radius 3 is 2.62 bits per heavy atom. The summed E-state index contributed by atoms with van der Waals surface area (Å²) in [4.78, 5) is 26.2. The molecule has 5 aromatic rings. The molecule has 39 heavy (non-hydrogen) atoms. The summed E-state index contributed by atoms with van der Waals surface area (Å²) in [7, 11) is 0. The number of nitriles is 1. The number of para-hydroxylation sites is 1. The van der Waals surface area contributed by atoms with Gasteiger partial charge in [-0.15, -0.1) is 0 Å². The van der Waals surface area contributed by atoms with Gasteiger partial charge in [0.15, 0.2) is 0 Å². The van der Waals surface area contributed by atoms with E-state index < -0.39 is 12.7 Å². The molecule has 0 radical (unpaired) electrons. The smallest absolute Gasteiger partial charge is 0.387 e. The highest BCUT2D eigenvalue weighted by Gasteiger charge is 2.20. The van der Waals surface area contributed by atoms with Gasteiger partial charge >= 0.3 is 6.61 Å². The van der Waals surface area contributed by atoms with E-state index in [1.807, 2.05) is 37.3 Å². The molecule has 0 spiro atoms. The van der Waals surface area contributed by atoms with E-state index >= 15 is 0 Å². The fraction of sp³-hybridized carbons (Fsp3) is 0.107. The van der Waals surface area contributed by atoms with Crippen molar-refractivity contribution in [3.63, 3.8) is 0 Å². The first kappa shape index (κ1) is 25.3. The molecule has 1 unspecified atom stereocenters. The first-order chi connectivity index (χ1) is 18.9. The summed E-state index contributed by atoms with van der Waals surface area (Å²) in [6.07, 6.45) is 4.00. The predicted molar refractivity (Wildman–Crippen MR) is 143 cm³/mol. The zero-order valence-electron chi connectivity index (χ0n) is 20.5. The maximum Gasteiger partial charge on any atom is 0.387 e. The first-order valence-corrected chi connectivity index (χ1v) is 11.8. The van der Waals surface area contributed by atoms with E-state index in [1.54, 1.807) is 34.9 Å². The molecule has 0 saturated heterocycles. The van der Waals surface area contributed by atoms with Crippen LogP contribution in [0.2, 0.25) is 0 Å². The summed E-state index contributed by atoms with van der Waals surface area (Å²) in [5.41, 5.74) is 7.77. The van der Waals surface area contributed by atoms with Crippen LogP contribution in [0.1, 0.15) is 24.2 Å². The van der Waals surface area contributed by atoms with Gasteiger partial charge in [0.05, 0.1) is 23.8 Å². The van der Waals surface area contributed by atoms with Gasteiger partial charge in [0, 0.05) is 23.1 Å². The van der Waals surface area contributed by atoms with E-state index in [2.05, 4.69) is 25.0 Å². The van der Waals surface area contributed by atoms with Gasteiger partial charge < -0.3 is 15.8 Å². The summed E-state index contributed by atoms with van der Waals surface area (Å²) in [6, 6.07) is 19.2. The van der Waals surface area contributed by atoms with Crippen molar-refractivity contribution in [2.24, 2.45) is 0 Å². The van der Waals surface area contributed by atoms with Gasteiger partial charge in [-0.2, -0.15) is 19.0 Å². The van der Waals surface area contributed by atoms with Crippen LogP contribution in [-0.4, -0.2) is 26.1 Å². The normalized spacial score (nSPS) is 11.8. The lowest BCUT2D eigenvalue weighted by Crippen LogP contribution is -2.26. The molecule has 9 nitrogen and oxygen atoms in total. The number of rotatable bonds is 7. The Hall–Kier alpha value is -5.37. The van der Waals surface area contributed by atoms with Crippen molar-refractivity contribution in [2.75, 3.05) is 11.1 Å². The number of halogens is 2. The maximum atomic E-state index is 14.2. The second kappa shape index (κ2) is 10.5. The minimum absolute atomic E-state index is 0.000959. The third kappa shape index (κ3) is 5.08. The number of nitrogen functional groups attached to an aromatic ring is 1. The molecule has 194 valence electrons. The van der Waals surface area contributed by atoms with Crippen molar-refractivity contribution >= 4 is 22.5 Å². The molecule has 3 heterocycles. The van der Waals surface area contributed by atoms with Crippen LogP contribution >= 0.6 is 0 Å². The molecular weight excluding hydrogens is 504 g/mol. The molecular formula is C28H21F2N7O2. The quantitative estimate of drug-likeness (QED) is 0.301. The minimum atomic E-state index is -3.01. The van der Waals surface area contributed by atoms with Crippen LogP contribution < -0.4 is 21.3 Å². The summed E-state index contributed by atoms with van der Waals surface area (Å²) in [6.45, 7) is -1.17. The highest BCUT2D eigenvalue weighted by atomic mass is 19.3. The van der Waals surface area contributed by atoms with Crippen molar-refractivity contribution < 1.29 is 13.5 Å². The Bertz CT molecular complexity index is 1770. The number of alkyl halides is 2. The van der Waals surface area contributed by atoms with Crippen LogP contribution in [0.15, 0.2) is 84.0 Å². The molecule has 0 saturated carbocycles. The second-order valence-electron chi connectivity index (χ2n) is 8.57. The van der Waals surface area contributed by atoms with E-state index in [0.29, 0.717) is 33.3 Å². The summed E-state index contributed by atoms with van der Waals surface area (Å²) >= 11 is 0. The van der Waals surface area contributed by atoms with Crippen LogP contribution in [0.5, 0.6) is 5.75 Å². The Morgan fingerprint density at radius 2 is 1.87 bits per heavy atom. The van der Waals surface area contributed by atoms with Crippen LogP contribution in [0.3, 0.4) is 0 Å². The first-order valence-electron chi connectivity index (χ1n) is 11.8. The lowest BCUT2D eigenvalue weighted by Gasteiger charge is -2.22. The average molecular weight is 526 g/mol. The van der Waals surface area contributed by atoms with Crippen LogP contribution in [0, 0.1) is 11.3 Å². The van der Waals surface area contributed by atoms with Crippen molar-refractivity contribution in [2.45, 2.75) is 19.6 Å². The Labute approximate surface area is 221 Å². The molecule has 1 atom stereocenters. The van der Waals surface area contributed by atoms with Gasteiger partial charge in [-0.1, -0.05) is 36.4 Å². The molecule has 0 amide bonds. The van der Waals surface area contributed by atoms with Gasteiger partial charge in [-0.05, 0) is 42.1 Å². The molecule has 0 aliphatic carbocycles. The lowest BCUT2D eigenvalue weighted by molar-refractivity contribution is -0.0500. The van der Waals surface area contributed by atoms with E-state index in [4.69, 9.17) is 5.73 Å². The van der Waals surface area contributed by atoms with E-state index in [1.165, 1.54) is 24.7 Å². The highest BCUT2D eigenvalue weighted by molar-refractivity contribution is 5.96. The van der Waals surface area contributed by atoms with Crippen LogP contribution in [0.25, 0.3) is 27.6 Å². The zero-order valence-corrected chi connectivity index (χ0v) is 20.5. The monoisotopic (exact) mass is 525 g/mol. The van der Waals surface area contributed by atoms with E-state index in [9.17, 15) is 18.8 Å². The number of aromatic nitrogens is 4. The molecule has 2 aromatic carbocycles. The molecule has 0 aliphatic rings. The third-order valence-electron chi connectivity index (χ3n) is 6.06. The standard InChI is InChI=1S/C28H21F2N7O2/c1-16(35-25-19(12-31)14-34-28(32)36-25)23-11-17-6-5-9-22(18-10-21(15-33-13-18)39-27(29)30)24(17)26(38)37(23)20-7-3-2-4-8-20/h2-11,13-16,27H,1H3,(H3,32,34,35,36). The van der Waals surface area contributed by atoms with Crippen molar-refractivity contribution in [1.82, 2.24) is 19.5 Å². The topological polar surface area (TPSA) is 132 Å². The second-order valence-corrected chi connectivity index (χ2v) is 8.57. The number of ether oxygens (including phenoxy) is 1. The number of nitrogens with two attached hydrogens (primary N) is 1. The van der Waals surface area contributed by atoms with E-state index in [-0.39, 0.29) is 28.6 Å². The summed E-state index contributed by atoms with van der Waals surface area (Å²) < 4.78 is 31.7. The Kier molecular flexibility index (Phi) is 6.84.